The zero-order valence-corrected chi connectivity index (χ0v) is 11.0. The quantitative estimate of drug-likeness (QED) is 0.838. The molecule has 0 bridgehead atoms. The number of thioether (sulfide) groups is 1. The first kappa shape index (κ1) is 12.5. The van der Waals surface area contributed by atoms with Gasteiger partial charge in [0.25, 0.3) is 0 Å². The molecule has 0 aliphatic heterocycles. The Morgan fingerprint density at radius 3 is 2.65 bits per heavy atom. The number of hydrogen-bond acceptors (Lipinski definition) is 3. The highest BCUT2D eigenvalue weighted by Crippen LogP contribution is 2.31. The third kappa shape index (κ3) is 3.02. The van der Waals surface area contributed by atoms with E-state index < -0.39 is 5.54 Å². The summed E-state index contributed by atoms with van der Waals surface area (Å²) >= 11 is 1.79. The van der Waals surface area contributed by atoms with Crippen LogP contribution in [0.2, 0.25) is 0 Å². The van der Waals surface area contributed by atoms with E-state index in [-0.39, 0.29) is 0 Å². The lowest BCUT2D eigenvalue weighted by molar-refractivity contribution is 0.412. The Kier molecular flexibility index (Phi) is 4.09. The van der Waals surface area contributed by atoms with Crippen LogP contribution >= 0.6 is 11.8 Å². The largest absolute Gasteiger partial charge is 0.293 e. The molecule has 0 spiro atoms. The molecule has 0 saturated heterocycles. The van der Waals surface area contributed by atoms with Crippen molar-refractivity contribution in [3.63, 3.8) is 0 Å². The zero-order chi connectivity index (χ0) is 12.1. The molecule has 2 rings (SSSR count). The molecule has 3 heteroatoms. The minimum atomic E-state index is -0.495. The van der Waals surface area contributed by atoms with Crippen molar-refractivity contribution in [1.82, 2.24) is 5.32 Å². The predicted molar refractivity (Wildman–Crippen MR) is 72.9 cm³/mol. The van der Waals surface area contributed by atoms with Gasteiger partial charge in [-0.1, -0.05) is 30.3 Å². The minimum Gasteiger partial charge on any atom is -0.293 e. The summed E-state index contributed by atoms with van der Waals surface area (Å²) in [7, 11) is 0. The van der Waals surface area contributed by atoms with Crippen molar-refractivity contribution >= 4 is 11.8 Å². The monoisotopic (exact) mass is 246 g/mol. The summed E-state index contributed by atoms with van der Waals surface area (Å²) in [5.74, 6) is 1.00. The maximum atomic E-state index is 9.61. The fourth-order valence-electron chi connectivity index (χ4n) is 2.01. The third-order valence-electron chi connectivity index (χ3n) is 3.17. The van der Waals surface area contributed by atoms with Crippen LogP contribution in [0.3, 0.4) is 0 Å². The minimum absolute atomic E-state index is 0.495. The Morgan fingerprint density at radius 2 is 2.12 bits per heavy atom. The molecule has 1 unspecified atom stereocenters. The fourth-order valence-corrected chi connectivity index (χ4v) is 2.52. The molecule has 1 atom stereocenters. The van der Waals surface area contributed by atoms with Gasteiger partial charge in [-0.3, -0.25) is 5.32 Å². The molecule has 1 aliphatic rings. The Bertz CT molecular complexity index is 394. The van der Waals surface area contributed by atoms with E-state index in [1.807, 2.05) is 18.2 Å². The summed E-state index contributed by atoms with van der Waals surface area (Å²) in [5, 5.41) is 13.1. The van der Waals surface area contributed by atoms with Gasteiger partial charge >= 0.3 is 0 Å². The molecule has 1 saturated carbocycles. The van der Waals surface area contributed by atoms with Crippen molar-refractivity contribution in [2.75, 3.05) is 12.0 Å². The fraction of sp³-hybridized carbons (Fsp3) is 0.500. The number of hydrogen-bond donors (Lipinski definition) is 1. The molecule has 1 aromatic rings. The molecule has 2 nitrogen and oxygen atoms in total. The molecule has 1 N–H and O–H groups in total. The van der Waals surface area contributed by atoms with Crippen LogP contribution in [0, 0.1) is 11.3 Å². The second-order valence-electron chi connectivity index (χ2n) is 4.54. The molecule has 1 fully saturated rings. The highest BCUT2D eigenvalue weighted by molar-refractivity contribution is 7.98. The van der Waals surface area contributed by atoms with Crippen LogP contribution < -0.4 is 5.32 Å². The van der Waals surface area contributed by atoms with E-state index >= 15 is 0 Å². The van der Waals surface area contributed by atoms with Crippen molar-refractivity contribution in [2.24, 2.45) is 0 Å². The first-order valence-electron chi connectivity index (χ1n) is 6.04. The Balaban J connectivity index is 2.23. The molecule has 17 heavy (non-hydrogen) atoms. The Hall–Kier alpha value is -0.980. The van der Waals surface area contributed by atoms with Crippen LogP contribution in [0.4, 0.5) is 0 Å². The van der Waals surface area contributed by atoms with E-state index in [1.54, 1.807) is 11.8 Å². The Labute approximate surface area is 107 Å². The summed E-state index contributed by atoms with van der Waals surface area (Å²) in [6.07, 6.45) is 5.36. The summed E-state index contributed by atoms with van der Waals surface area (Å²) in [5.41, 5.74) is 0.606. The molecule has 0 aromatic heterocycles. The van der Waals surface area contributed by atoms with Crippen molar-refractivity contribution in [2.45, 2.75) is 30.8 Å². The second-order valence-corrected chi connectivity index (χ2v) is 5.53. The number of nitrogens with one attached hydrogen (secondary N) is 1. The van der Waals surface area contributed by atoms with Crippen LogP contribution in [0.5, 0.6) is 0 Å². The lowest BCUT2D eigenvalue weighted by Crippen LogP contribution is -2.43. The predicted octanol–water partition coefficient (Wildman–Crippen LogP) is 2.91. The molecular weight excluding hydrogens is 228 g/mol. The third-order valence-corrected chi connectivity index (χ3v) is 3.78. The lowest BCUT2D eigenvalue weighted by atomic mass is 9.88. The SMILES string of the molecule is CSCCC(C#N)(NC1CC1)c1ccccc1. The van der Waals surface area contributed by atoms with E-state index in [0.717, 1.165) is 17.7 Å². The van der Waals surface area contributed by atoms with Crippen LogP contribution in [0.15, 0.2) is 30.3 Å². The lowest BCUT2D eigenvalue weighted by Gasteiger charge is -2.28. The van der Waals surface area contributed by atoms with Crippen LogP contribution in [-0.4, -0.2) is 18.1 Å². The van der Waals surface area contributed by atoms with Gasteiger partial charge in [0.2, 0.25) is 0 Å². The van der Waals surface area contributed by atoms with Gasteiger partial charge in [0.05, 0.1) is 6.07 Å². The van der Waals surface area contributed by atoms with Crippen molar-refractivity contribution in [3.8, 4) is 6.07 Å². The number of benzene rings is 1. The highest BCUT2D eigenvalue weighted by Gasteiger charge is 2.37. The van der Waals surface area contributed by atoms with Gasteiger partial charge in [-0.05, 0) is 36.8 Å². The number of rotatable bonds is 6. The van der Waals surface area contributed by atoms with Gasteiger partial charge in [0.1, 0.15) is 5.54 Å². The highest BCUT2D eigenvalue weighted by atomic mass is 32.2. The van der Waals surface area contributed by atoms with Crippen molar-refractivity contribution in [1.29, 1.82) is 5.26 Å². The molecular formula is C14H18N2S. The zero-order valence-electron chi connectivity index (χ0n) is 10.1. The van der Waals surface area contributed by atoms with Gasteiger partial charge in [-0.15, -0.1) is 0 Å². The number of nitrogens with zero attached hydrogens (tertiary/aromatic N) is 1. The first-order chi connectivity index (χ1) is 8.30. The summed E-state index contributed by atoms with van der Waals surface area (Å²) < 4.78 is 0. The number of nitriles is 1. The first-order valence-corrected chi connectivity index (χ1v) is 7.43. The molecule has 1 aromatic carbocycles. The average Bonchev–Trinajstić information content (AvgIpc) is 3.19. The van der Waals surface area contributed by atoms with Gasteiger partial charge in [-0.2, -0.15) is 17.0 Å². The van der Waals surface area contributed by atoms with E-state index in [2.05, 4.69) is 29.8 Å². The van der Waals surface area contributed by atoms with Gasteiger partial charge in [0.15, 0.2) is 0 Å². The van der Waals surface area contributed by atoms with E-state index in [1.165, 1.54) is 12.8 Å². The summed E-state index contributed by atoms with van der Waals surface area (Å²) in [4.78, 5) is 0. The maximum absolute atomic E-state index is 9.61. The van der Waals surface area contributed by atoms with Gasteiger partial charge in [0, 0.05) is 6.04 Å². The van der Waals surface area contributed by atoms with E-state index in [9.17, 15) is 5.26 Å². The van der Waals surface area contributed by atoms with Crippen molar-refractivity contribution < 1.29 is 0 Å². The maximum Gasteiger partial charge on any atom is 0.133 e. The topological polar surface area (TPSA) is 35.8 Å². The standard InChI is InChI=1S/C14H18N2S/c1-17-10-9-14(11-15,16-13-7-8-13)12-5-3-2-4-6-12/h2-6,13,16H,7-10H2,1H3. The smallest absolute Gasteiger partial charge is 0.133 e. The van der Waals surface area contributed by atoms with E-state index in [4.69, 9.17) is 0 Å². The molecule has 90 valence electrons. The second kappa shape index (κ2) is 5.57. The van der Waals surface area contributed by atoms with Crippen LogP contribution in [0.25, 0.3) is 0 Å². The van der Waals surface area contributed by atoms with E-state index in [0.29, 0.717) is 6.04 Å². The summed E-state index contributed by atoms with van der Waals surface area (Å²) in [6.45, 7) is 0. The molecule has 0 heterocycles. The molecule has 0 amide bonds. The van der Waals surface area contributed by atoms with Gasteiger partial charge in [-0.25, -0.2) is 0 Å². The summed E-state index contributed by atoms with van der Waals surface area (Å²) in [6, 6.07) is 13.2. The van der Waals surface area contributed by atoms with Crippen molar-refractivity contribution in [3.05, 3.63) is 35.9 Å². The van der Waals surface area contributed by atoms with Crippen LogP contribution in [0.1, 0.15) is 24.8 Å². The average molecular weight is 246 g/mol. The normalized spacial score (nSPS) is 18.4. The van der Waals surface area contributed by atoms with Crippen LogP contribution in [-0.2, 0) is 5.54 Å². The molecule has 0 radical (unpaired) electrons. The Morgan fingerprint density at radius 1 is 1.41 bits per heavy atom. The van der Waals surface area contributed by atoms with Gasteiger partial charge < -0.3 is 0 Å². The molecule has 1 aliphatic carbocycles.